The van der Waals surface area contributed by atoms with E-state index in [-0.39, 0.29) is 39.2 Å². The van der Waals surface area contributed by atoms with Gasteiger partial charge in [-0.2, -0.15) is 0 Å². The van der Waals surface area contributed by atoms with E-state index in [9.17, 15) is 14.0 Å². The molecule has 6 rings (SSSR count). The highest BCUT2D eigenvalue weighted by Gasteiger charge is 2.23. The van der Waals surface area contributed by atoms with Crippen LogP contribution >= 0.6 is 0 Å². The maximum Gasteiger partial charge on any atom is 0.253 e. The Bertz CT molecular complexity index is 1660. The first-order chi connectivity index (χ1) is 24.8. The van der Waals surface area contributed by atoms with Gasteiger partial charge in [0.1, 0.15) is 30.5 Å². The van der Waals surface area contributed by atoms with Crippen molar-refractivity contribution in [3.8, 4) is 11.5 Å². The Morgan fingerprint density at radius 2 is 1.25 bits per heavy atom. The zero-order chi connectivity index (χ0) is 35.8. The van der Waals surface area contributed by atoms with Crippen LogP contribution < -0.4 is 20.1 Å². The topological polar surface area (TPSA) is 112 Å². The maximum absolute atomic E-state index is 13.1. The first-order valence-electron chi connectivity index (χ1n) is 18.0. The molecule has 1 aliphatic heterocycles. The van der Waals surface area contributed by atoms with Gasteiger partial charge in [0.15, 0.2) is 0 Å². The van der Waals surface area contributed by atoms with Crippen molar-refractivity contribution in [2.45, 2.75) is 84.1 Å². The number of hydrogen-bond acceptors (Lipinski definition) is 7. The number of nitrogens with one attached hydrogen (secondary N) is 2. The van der Waals surface area contributed by atoms with Crippen molar-refractivity contribution in [2.75, 3.05) is 13.2 Å². The summed E-state index contributed by atoms with van der Waals surface area (Å²) in [7, 11) is 0. The van der Waals surface area contributed by atoms with Crippen LogP contribution in [0.25, 0.3) is 0 Å². The lowest BCUT2D eigenvalue weighted by atomic mass is 9.84. The Hall–Kier alpha value is -4.83. The van der Waals surface area contributed by atoms with Gasteiger partial charge in [0.05, 0.1) is 22.5 Å². The summed E-state index contributed by atoms with van der Waals surface area (Å²) >= 11 is 0. The van der Waals surface area contributed by atoms with Crippen LogP contribution in [0.2, 0.25) is 0 Å². The second-order valence-corrected chi connectivity index (χ2v) is 13.3. The first kappa shape index (κ1) is 37.4. The van der Waals surface area contributed by atoms with E-state index in [4.69, 9.17) is 14.2 Å². The van der Waals surface area contributed by atoms with Crippen LogP contribution in [0.1, 0.15) is 93.8 Å². The highest BCUT2D eigenvalue weighted by atomic mass is 19.1. The molecule has 4 aromatic rings. The number of aromatic nitrogens is 2. The van der Waals surface area contributed by atoms with Gasteiger partial charge in [0.2, 0.25) is 0 Å². The van der Waals surface area contributed by atoms with Gasteiger partial charge in [-0.05, 0) is 99.9 Å². The number of carbonyl (C=O) groups excluding carboxylic acids is 2. The van der Waals surface area contributed by atoms with Crippen molar-refractivity contribution in [3.05, 3.63) is 120 Å². The van der Waals surface area contributed by atoms with Crippen LogP contribution in [0.5, 0.6) is 11.5 Å². The second kappa shape index (κ2) is 19.5. The Kier molecular flexibility index (Phi) is 14.3. The molecule has 274 valence electrons. The standard InChI is InChI=1S/C21H26N2O2.C20H23FN2O3.2H2/c1-16(17-8-4-2-5-9-17)23-21(24)18-12-13-19(22-14-18)15-25-20-10-6-3-7-11-20;1-14(15-7-9-25-10-8-15)23-20(24)16-5-6-18(22-12-16)13-26-19-4-2-3-17(21)11-19;;/h3,6-7,10-14,16-17H,2,4-5,8-9,15H2,1H3,(H,23,24);2-6,11-12,14-15H,7-10,13H2,1H3,(H,23,24);2*1H/t16-;14-;;/m01../s1. The van der Waals surface area contributed by atoms with Gasteiger partial charge in [-0.1, -0.05) is 43.5 Å². The molecule has 2 fully saturated rings. The minimum Gasteiger partial charge on any atom is -0.487 e. The van der Waals surface area contributed by atoms with Gasteiger partial charge < -0.3 is 24.8 Å². The fourth-order valence-corrected chi connectivity index (χ4v) is 6.34. The predicted octanol–water partition coefficient (Wildman–Crippen LogP) is 8.20. The Labute approximate surface area is 303 Å². The SMILES string of the molecule is C[C@@H](NC(=O)c1ccc(COc2cccc(F)c2)nc1)C1CCOCC1.C[C@H](NC(=O)c1ccc(COc2ccccc2)nc1)C1CCCCC1.[HH].[HH]. The van der Waals surface area contributed by atoms with E-state index in [2.05, 4.69) is 27.5 Å². The van der Waals surface area contributed by atoms with Crippen molar-refractivity contribution in [1.82, 2.24) is 20.6 Å². The Morgan fingerprint density at radius 3 is 1.78 bits per heavy atom. The molecule has 2 aliphatic rings. The van der Waals surface area contributed by atoms with E-state index in [1.54, 1.807) is 30.5 Å². The normalized spacial score (nSPS) is 16.1. The Morgan fingerprint density at radius 1 is 0.725 bits per heavy atom. The monoisotopic (exact) mass is 700 g/mol. The molecule has 9 nitrogen and oxygen atoms in total. The molecule has 1 saturated carbocycles. The summed E-state index contributed by atoms with van der Waals surface area (Å²) in [6, 6.07) is 23.0. The number of pyridine rings is 2. The van der Waals surface area contributed by atoms with E-state index < -0.39 is 0 Å². The maximum atomic E-state index is 13.1. The summed E-state index contributed by atoms with van der Waals surface area (Å²) in [5.41, 5.74) is 2.59. The van der Waals surface area contributed by atoms with Crippen LogP contribution in [0.15, 0.2) is 91.3 Å². The third kappa shape index (κ3) is 12.2. The fourth-order valence-electron chi connectivity index (χ4n) is 6.34. The number of carbonyl (C=O) groups is 2. The number of amides is 2. The molecular weight excluding hydrogens is 647 g/mol. The zero-order valence-corrected chi connectivity index (χ0v) is 29.6. The summed E-state index contributed by atoms with van der Waals surface area (Å²) in [6.07, 6.45) is 11.4. The van der Waals surface area contributed by atoms with Crippen molar-refractivity contribution in [1.29, 1.82) is 0 Å². The average Bonchev–Trinajstić information content (AvgIpc) is 3.18. The minimum atomic E-state index is -0.346. The molecule has 1 saturated heterocycles. The quantitative estimate of drug-likeness (QED) is 0.153. The summed E-state index contributed by atoms with van der Waals surface area (Å²) in [6.45, 7) is 6.26. The van der Waals surface area contributed by atoms with Crippen LogP contribution in [-0.4, -0.2) is 47.1 Å². The minimum absolute atomic E-state index is 0. The van der Waals surface area contributed by atoms with Crippen LogP contribution in [0, 0.1) is 17.7 Å². The molecular formula is C41H53FN4O5. The third-order valence-electron chi connectivity index (χ3n) is 9.53. The van der Waals surface area contributed by atoms with Crippen molar-refractivity contribution < 1.29 is 31.0 Å². The number of rotatable bonds is 12. The predicted molar refractivity (Wildman–Crippen MR) is 198 cm³/mol. The molecule has 0 unspecified atom stereocenters. The molecule has 2 amide bonds. The summed E-state index contributed by atoms with van der Waals surface area (Å²) in [4.78, 5) is 33.4. The lowest BCUT2D eigenvalue weighted by Crippen LogP contribution is -2.40. The van der Waals surface area contributed by atoms with Gasteiger partial charge in [-0.15, -0.1) is 0 Å². The Balaban J connectivity index is 0.000000275. The van der Waals surface area contributed by atoms with Crippen molar-refractivity contribution in [3.63, 3.8) is 0 Å². The van der Waals surface area contributed by atoms with Crippen LogP contribution in [0.3, 0.4) is 0 Å². The van der Waals surface area contributed by atoms with E-state index in [0.29, 0.717) is 41.0 Å². The van der Waals surface area contributed by atoms with E-state index >= 15 is 0 Å². The molecule has 51 heavy (non-hydrogen) atoms. The van der Waals surface area contributed by atoms with Crippen LogP contribution in [-0.2, 0) is 18.0 Å². The van der Waals surface area contributed by atoms with Gasteiger partial charge in [0.25, 0.3) is 11.8 Å². The lowest BCUT2D eigenvalue weighted by molar-refractivity contribution is 0.0538. The molecule has 0 radical (unpaired) electrons. The number of para-hydroxylation sites is 1. The fraction of sp³-hybridized carbons (Fsp3) is 0.415. The molecule has 0 bridgehead atoms. The van der Waals surface area contributed by atoms with Crippen molar-refractivity contribution >= 4 is 11.8 Å². The van der Waals surface area contributed by atoms with Gasteiger partial charge in [0, 0.05) is 46.6 Å². The first-order valence-corrected chi connectivity index (χ1v) is 18.0. The summed E-state index contributed by atoms with van der Waals surface area (Å²) in [5, 5.41) is 6.18. The van der Waals surface area contributed by atoms with Crippen molar-refractivity contribution in [2.24, 2.45) is 11.8 Å². The van der Waals surface area contributed by atoms with Gasteiger partial charge in [-0.25, -0.2) is 4.39 Å². The van der Waals surface area contributed by atoms with Crippen LogP contribution in [0.4, 0.5) is 4.39 Å². The van der Waals surface area contributed by atoms with Gasteiger partial charge >= 0.3 is 0 Å². The second-order valence-electron chi connectivity index (χ2n) is 13.3. The van der Waals surface area contributed by atoms with Gasteiger partial charge in [-0.3, -0.25) is 19.6 Å². The summed E-state index contributed by atoms with van der Waals surface area (Å²) < 4.78 is 29.7. The summed E-state index contributed by atoms with van der Waals surface area (Å²) in [5.74, 6) is 1.78. The third-order valence-corrected chi connectivity index (χ3v) is 9.53. The zero-order valence-electron chi connectivity index (χ0n) is 29.6. The number of nitrogens with zero attached hydrogens (tertiary/aromatic N) is 2. The number of ether oxygens (including phenoxy) is 3. The molecule has 2 N–H and O–H groups in total. The van der Waals surface area contributed by atoms with E-state index in [1.165, 1.54) is 50.4 Å². The molecule has 2 aromatic heterocycles. The highest BCUT2D eigenvalue weighted by Crippen LogP contribution is 2.26. The molecule has 2 aromatic carbocycles. The number of halogens is 1. The lowest BCUT2D eigenvalue weighted by Gasteiger charge is -2.28. The molecule has 0 spiro atoms. The van der Waals surface area contributed by atoms with E-state index in [1.807, 2.05) is 49.4 Å². The average molecular weight is 701 g/mol. The molecule has 1 aliphatic carbocycles. The molecule has 10 heteroatoms. The molecule has 2 atom stereocenters. The highest BCUT2D eigenvalue weighted by molar-refractivity contribution is 5.94. The smallest absolute Gasteiger partial charge is 0.253 e. The molecule has 3 heterocycles. The number of benzene rings is 2. The van der Waals surface area contributed by atoms with E-state index in [0.717, 1.165) is 37.5 Å². The number of hydrogen-bond donors (Lipinski definition) is 2. The largest absolute Gasteiger partial charge is 0.487 e.